The van der Waals surface area contributed by atoms with Crippen molar-refractivity contribution in [1.29, 1.82) is 0 Å². The van der Waals surface area contributed by atoms with Gasteiger partial charge in [-0.05, 0) is 23.8 Å². The molecule has 0 unspecified atom stereocenters. The van der Waals surface area contributed by atoms with Crippen LogP contribution in [0.2, 0.25) is 0 Å². The highest BCUT2D eigenvalue weighted by molar-refractivity contribution is 5.92. The first-order valence-corrected chi connectivity index (χ1v) is 7.56. The largest absolute Gasteiger partial charge is 0.478 e. The van der Waals surface area contributed by atoms with E-state index in [4.69, 9.17) is 5.11 Å². The average molecular weight is 330 g/mol. The Morgan fingerprint density at radius 3 is 2.88 bits per heavy atom. The van der Waals surface area contributed by atoms with E-state index in [1.807, 2.05) is 11.0 Å². The second-order valence-corrected chi connectivity index (χ2v) is 5.82. The minimum absolute atomic E-state index is 0.233. The van der Waals surface area contributed by atoms with Gasteiger partial charge in [-0.3, -0.25) is 14.8 Å². The summed E-state index contributed by atoms with van der Waals surface area (Å²) in [5.41, 5.74) is 1.42. The predicted octanol–water partition coefficient (Wildman–Crippen LogP) is 0.0830. The molecular formula is C16H18N4O4. The molecule has 8 nitrogen and oxygen atoms in total. The highest BCUT2D eigenvalue weighted by Crippen LogP contribution is 2.16. The fourth-order valence-corrected chi connectivity index (χ4v) is 2.83. The molecule has 1 saturated heterocycles. The summed E-state index contributed by atoms with van der Waals surface area (Å²) in [5.74, 6) is -1.28. The number of hydrogen-bond donors (Lipinski definition) is 4. The summed E-state index contributed by atoms with van der Waals surface area (Å²) < 4.78 is 0. The van der Waals surface area contributed by atoms with Gasteiger partial charge in [-0.2, -0.15) is 5.10 Å². The van der Waals surface area contributed by atoms with E-state index in [9.17, 15) is 14.7 Å². The number of aromatic nitrogens is 2. The highest BCUT2D eigenvalue weighted by atomic mass is 16.4. The third-order valence-electron chi connectivity index (χ3n) is 4.01. The Kier molecular flexibility index (Phi) is 4.59. The molecule has 1 fully saturated rings. The van der Waals surface area contributed by atoms with Gasteiger partial charge in [0.2, 0.25) is 0 Å². The lowest BCUT2D eigenvalue weighted by atomic mass is 10.1. The van der Waals surface area contributed by atoms with Crippen molar-refractivity contribution < 1.29 is 19.8 Å². The molecule has 2 heterocycles. The van der Waals surface area contributed by atoms with Gasteiger partial charge in [0.05, 0.1) is 17.7 Å². The quantitative estimate of drug-likeness (QED) is 0.617. The third-order valence-corrected chi connectivity index (χ3v) is 4.01. The lowest BCUT2D eigenvalue weighted by molar-refractivity contribution is 0.0696. The number of nitrogens with one attached hydrogen (secondary N) is 2. The van der Waals surface area contributed by atoms with Crippen molar-refractivity contribution in [3.8, 4) is 0 Å². The molecule has 1 aromatic heterocycles. The number of carbonyl (C=O) groups excluding carboxylic acids is 1. The van der Waals surface area contributed by atoms with Gasteiger partial charge in [-0.25, -0.2) is 4.79 Å². The number of amides is 1. The van der Waals surface area contributed by atoms with Crippen LogP contribution >= 0.6 is 0 Å². The topological polar surface area (TPSA) is 119 Å². The molecule has 1 amide bonds. The average Bonchev–Trinajstić information content (AvgIpc) is 3.18. The second-order valence-electron chi connectivity index (χ2n) is 5.82. The van der Waals surface area contributed by atoms with Gasteiger partial charge in [0.1, 0.15) is 5.69 Å². The van der Waals surface area contributed by atoms with Crippen LogP contribution in [0.1, 0.15) is 26.4 Å². The van der Waals surface area contributed by atoms with Gasteiger partial charge in [-0.1, -0.05) is 12.1 Å². The Balaban J connectivity index is 1.60. The Bertz CT molecular complexity index is 731. The first kappa shape index (κ1) is 16.2. The molecule has 24 heavy (non-hydrogen) atoms. The number of aromatic amines is 1. The minimum Gasteiger partial charge on any atom is -0.478 e. The summed E-state index contributed by atoms with van der Waals surface area (Å²) in [6, 6.07) is 7.87. The summed E-state index contributed by atoms with van der Waals surface area (Å²) in [4.78, 5) is 25.0. The lowest BCUT2D eigenvalue weighted by Gasteiger charge is -2.16. The summed E-state index contributed by atoms with van der Waals surface area (Å²) in [7, 11) is 0. The maximum absolute atomic E-state index is 12.0. The number of carboxylic acid groups (broad SMARTS) is 1. The molecular weight excluding hydrogens is 312 g/mol. The molecule has 126 valence electrons. The normalized spacial score (nSPS) is 20.9. The summed E-state index contributed by atoms with van der Waals surface area (Å²) in [5, 5.41) is 28.3. The van der Waals surface area contributed by atoms with E-state index in [1.54, 1.807) is 18.2 Å². The van der Waals surface area contributed by atoms with Crippen LogP contribution in [-0.2, 0) is 6.54 Å². The van der Waals surface area contributed by atoms with Crippen molar-refractivity contribution in [3.63, 3.8) is 0 Å². The van der Waals surface area contributed by atoms with E-state index >= 15 is 0 Å². The zero-order chi connectivity index (χ0) is 17.1. The molecule has 1 aliphatic heterocycles. The molecule has 0 spiro atoms. The number of rotatable bonds is 5. The van der Waals surface area contributed by atoms with E-state index in [0.29, 0.717) is 25.3 Å². The van der Waals surface area contributed by atoms with Gasteiger partial charge >= 0.3 is 5.97 Å². The number of likely N-dealkylation sites (tertiary alicyclic amines) is 1. The molecule has 0 bridgehead atoms. The van der Waals surface area contributed by atoms with Gasteiger partial charge < -0.3 is 15.5 Å². The predicted molar refractivity (Wildman–Crippen MR) is 84.5 cm³/mol. The second kappa shape index (κ2) is 6.81. The number of carboxylic acids is 1. The Morgan fingerprint density at radius 2 is 2.17 bits per heavy atom. The summed E-state index contributed by atoms with van der Waals surface area (Å²) >= 11 is 0. The van der Waals surface area contributed by atoms with Gasteiger partial charge in [-0.15, -0.1) is 0 Å². The van der Waals surface area contributed by atoms with E-state index in [0.717, 1.165) is 5.56 Å². The fraction of sp³-hybridized carbons (Fsp3) is 0.312. The van der Waals surface area contributed by atoms with Gasteiger partial charge in [0, 0.05) is 25.8 Å². The molecule has 0 radical (unpaired) electrons. The molecule has 8 heteroatoms. The lowest BCUT2D eigenvalue weighted by Crippen LogP contribution is -2.43. The van der Waals surface area contributed by atoms with Crippen LogP contribution in [0.25, 0.3) is 0 Å². The molecule has 2 atom stereocenters. The number of aliphatic hydroxyl groups excluding tert-OH is 1. The van der Waals surface area contributed by atoms with Crippen LogP contribution in [0, 0.1) is 0 Å². The number of H-pyrrole nitrogens is 1. The van der Waals surface area contributed by atoms with Crippen LogP contribution in [-0.4, -0.2) is 62.4 Å². The van der Waals surface area contributed by atoms with Crippen molar-refractivity contribution in [3.05, 3.63) is 53.3 Å². The molecule has 3 rings (SSSR count). The highest BCUT2D eigenvalue weighted by Gasteiger charge is 2.32. The standard InChI is InChI=1S/C16H18N4O4/c21-14-9-20(7-10-2-1-3-11(6-10)16(23)24)8-13(14)18-15(22)12-4-5-17-19-12/h1-6,13-14,21H,7-9H2,(H,17,19)(H,18,22)(H,23,24)/t13-,14-/m1/s1. The van der Waals surface area contributed by atoms with E-state index in [2.05, 4.69) is 15.5 Å². The van der Waals surface area contributed by atoms with Gasteiger partial charge in [0.15, 0.2) is 0 Å². The number of aromatic carboxylic acids is 1. The van der Waals surface area contributed by atoms with Crippen LogP contribution in [0.5, 0.6) is 0 Å². The van der Waals surface area contributed by atoms with Crippen LogP contribution in [0.4, 0.5) is 0 Å². The number of carbonyl (C=O) groups is 2. The van der Waals surface area contributed by atoms with Crippen LogP contribution in [0.15, 0.2) is 36.5 Å². The molecule has 1 aliphatic rings. The van der Waals surface area contributed by atoms with Crippen LogP contribution in [0.3, 0.4) is 0 Å². The number of benzene rings is 1. The number of β-amino-alcohol motifs (C(OH)–C–C–N with tert-alkyl or cyclic N) is 1. The van der Waals surface area contributed by atoms with E-state index in [1.165, 1.54) is 12.3 Å². The maximum Gasteiger partial charge on any atom is 0.335 e. The Hall–Kier alpha value is -2.71. The summed E-state index contributed by atoms with van der Waals surface area (Å²) in [6.45, 7) is 1.40. The maximum atomic E-state index is 12.0. The number of hydrogen-bond acceptors (Lipinski definition) is 5. The molecule has 0 aliphatic carbocycles. The van der Waals surface area contributed by atoms with Crippen molar-refractivity contribution in [1.82, 2.24) is 20.4 Å². The SMILES string of the molecule is O=C(O)c1cccc(CN2C[C@@H](O)[C@H](NC(=O)c3ccn[nH]3)C2)c1. The third kappa shape index (κ3) is 3.61. The van der Waals surface area contributed by atoms with Gasteiger partial charge in [0.25, 0.3) is 5.91 Å². The first-order chi connectivity index (χ1) is 11.5. The fourth-order valence-electron chi connectivity index (χ4n) is 2.83. The van der Waals surface area contributed by atoms with E-state index in [-0.39, 0.29) is 17.5 Å². The van der Waals surface area contributed by atoms with Crippen molar-refractivity contribution in [2.45, 2.75) is 18.7 Å². The monoisotopic (exact) mass is 330 g/mol. The molecule has 2 aromatic rings. The molecule has 0 saturated carbocycles. The number of aliphatic hydroxyl groups is 1. The van der Waals surface area contributed by atoms with Crippen molar-refractivity contribution in [2.24, 2.45) is 0 Å². The zero-order valence-electron chi connectivity index (χ0n) is 12.8. The Labute approximate surface area is 138 Å². The summed E-state index contributed by atoms with van der Waals surface area (Å²) in [6.07, 6.45) is 0.807. The first-order valence-electron chi connectivity index (χ1n) is 7.56. The molecule has 1 aromatic carbocycles. The smallest absolute Gasteiger partial charge is 0.335 e. The van der Waals surface area contributed by atoms with Crippen LogP contribution < -0.4 is 5.32 Å². The number of nitrogens with zero attached hydrogens (tertiary/aromatic N) is 2. The van der Waals surface area contributed by atoms with Crippen molar-refractivity contribution in [2.75, 3.05) is 13.1 Å². The van der Waals surface area contributed by atoms with Crippen molar-refractivity contribution >= 4 is 11.9 Å². The zero-order valence-corrected chi connectivity index (χ0v) is 12.8. The minimum atomic E-state index is -0.969. The molecule has 4 N–H and O–H groups in total. The Morgan fingerprint density at radius 1 is 1.33 bits per heavy atom. The van der Waals surface area contributed by atoms with E-state index < -0.39 is 12.1 Å².